The molecule has 25 heavy (non-hydrogen) atoms. The number of rotatable bonds is 2. The van der Waals surface area contributed by atoms with Crippen molar-refractivity contribution in [3.63, 3.8) is 0 Å². The molecule has 0 aliphatic carbocycles. The maximum Gasteiger partial charge on any atom is 0.410 e. The summed E-state index contributed by atoms with van der Waals surface area (Å²) in [7, 11) is 2.82. The highest BCUT2D eigenvalue weighted by atomic mass is 19.1. The Morgan fingerprint density at radius 3 is 2.68 bits per heavy atom. The van der Waals surface area contributed by atoms with Crippen LogP contribution in [-0.2, 0) is 4.74 Å². The first-order chi connectivity index (χ1) is 11.9. The van der Waals surface area contributed by atoms with Crippen LogP contribution >= 0.6 is 0 Å². The molecule has 0 radical (unpaired) electrons. The van der Waals surface area contributed by atoms with Gasteiger partial charge in [0, 0.05) is 26.6 Å². The minimum Gasteiger partial charge on any atom is -0.491 e. The quantitative estimate of drug-likeness (QED) is 0.818. The van der Waals surface area contributed by atoms with Gasteiger partial charge in [0.1, 0.15) is 5.60 Å². The van der Waals surface area contributed by atoms with E-state index in [9.17, 15) is 18.4 Å². The summed E-state index contributed by atoms with van der Waals surface area (Å²) >= 11 is 0. The van der Waals surface area contributed by atoms with Crippen molar-refractivity contribution in [2.24, 2.45) is 0 Å². The number of carbonyl (C=O) groups is 2. The van der Waals surface area contributed by atoms with Crippen molar-refractivity contribution >= 4 is 12.0 Å². The van der Waals surface area contributed by atoms with E-state index in [0.29, 0.717) is 38.9 Å². The lowest BCUT2D eigenvalue weighted by atomic mass is 9.95. The van der Waals surface area contributed by atoms with Crippen LogP contribution in [0.15, 0.2) is 12.1 Å². The lowest BCUT2D eigenvalue weighted by Gasteiger charge is -2.25. The second kappa shape index (κ2) is 6.50. The fourth-order valence-electron chi connectivity index (χ4n) is 3.48. The van der Waals surface area contributed by atoms with E-state index in [-0.39, 0.29) is 11.7 Å². The van der Waals surface area contributed by atoms with Gasteiger partial charge in [-0.15, -0.1) is 0 Å². The van der Waals surface area contributed by atoms with Crippen LogP contribution in [-0.4, -0.2) is 61.2 Å². The molecule has 2 heterocycles. The van der Waals surface area contributed by atoms with E-state index in [2.05, 4.69) is 0 Å². The van der Waals surface area contributed by atoms with Crippen LogP contribution in [0.5, 0.6) is 5.75 Å². The van der Waals surface area contributed by atoms with Crippen molar-refractivity contribution < 1.29 is 27.8 Å². The molecule has 2 amide bonds. The maximum atomic E-state index is 14.3. The molecule has 0 aromatic heterocycles. The Morgan fingerprint density at radius 2 is 2.04 bits per heavy atom. The number of benzene rings is 1. The monoisotopic (exact) mass is 354 g/mol. The molecular weight excluding hydrogens is 334 g/mol. The van der Waals surface area contributed by atoms with Gasteiger partial charge in [-0.2, -0.15) is 0 Å². The van der Waals surface area contributed by atoms with E-state index in [4.69, 9.17) is 9.47 Å². The number of hydrogen-bond donors (Lipinski definition) is 0. The highest BCUT2D eigenvalue weighted by Gasteiger charge is 2.44. The van der Waals surface area contributed by atoms with Crippen LogP contribution in [0.2, 0.25) is 0 Å². The van der Waals surface area contributed by atoms with Gasteiger partial charge in [0.25, 0.3) is 5.91 Å². The summed E-state index contributed by atoms with van der Waals surface area (Å²) in [4.78, 5) is 27.4. The number of carbonyl (C=O) groups excluding carboxylic acids is 2. The number of hydrogen-bond acceptors (Lipinski definition) is 4. The van der Waals surface area contributed by atoms with Gasteiger partial charge in [-0.1, -0.05) is 0 Å². The minimum atomic E-state index is -1.00. The molecule has 6 nitrogen and oxygen atoms in total. The van der Waals surface area contributed by atoms with Crippen molar-refractivity contribution in [1.82, 2.24) is 9.80 Å². The standard InChI is InChI=1S/C17H20F2N2O4/c1-20-10-17(25-16(20)23)6-3-8-21(9-7-17)15(22)11-4-5-12(18)14(24-2)13(11)19/h4-5H,3,6-10H2,1-2H3/t17-/m0/s1. The molecule has 3 rings (SSSR count). The molecule has 2 aliphatic heterocycles. The van der Waals surface area contributed by atoms with Crippen molar-refractivity contribution in [1.29, 1.82) is 0 Å². The van der Waals surface area contributed by atoms with E-state index in [1.165, 1.54) is 9.80 Å². The molecule has 0 unspecified atom stereocenters. The van der Waals surface area contributed by atoms with Crippen LogP contribution in [0.1, 0.15) is 29.6 Å². The predicted octanol–water partition coefficient (Wildman–Crippen LogP) is 2.42. The smallest absolute Gasteiger partial charge is 0.410 e. The number of ether oxygens (including phenoxy) is 2. The number of amides is 2. The average Bonchev–Trinajstić information content (AvgIpc) is 2.72. The van der Waals surface area contributed by atoms with Crippen molar-refractivity contribution in [2.45, 2.75) is 24.9 Å². The molecule has 1 atom stereocenters. The van der Waals surface area contributed by atoms with Gasteiger partial charge >= 0.3 is 6.09 Å². The second-order valence-corrected chi connectivity index (χ2v) is 6.49. The summed E-state index contributed by atoms with van der Waals surface area (Å²) in [5.74, 6) is -2.94. The molecule has 0 saturated carbocycles. The first kappa shape index (κ1) is 17.4. The zero-order valence-corrected chi connectivity index (χ0v) is 14.2. The highest BCUT2D eigenvalue weighted by molar-refractivity contribution is 5.95. The van der Waals surface area contributed by atoms with Crippen LogP contribution < -0.4 is 4.74 Å². The second-order valence-electron chi connectivity index (χ2n) is 6.49. The van der Waals surface area contributed by atoms with Crippen LogP contribution in [0.3, 0.4) is 0 Å². The van der Waals surface area contributed by atoms with Gasteiger partial charge in [0.2, 0.25) is 0 Å². The van der Waals surface area contributed by atoms with Gasteiger partial charge < -0.3 is 19.3 Å². The van der Waals surface area contributed by atoms with E-state index >= 15 is 0 Å². The molecule has 1 spiro atoms. The van der Waals surface area contributed by atoms with Crippen molar-refractivity contribution in [3.05, 3.63) is 29.3 Å². The third-order valence-electron chi connectivity index (χ3n) is 4.81. The average molecular weight is 354 g/mol. The van der Waals surface area contributed by atoms with Crippen LogP contribution in [0.4, 0.5) is 13.6 Å². The van der Waals surface area contributed by atoms with Crippen LogP contribution in [0.25, 0.3) is 0 Å². The summed E-state index contributed by atoms with van der Waals surface area (Å²) < 4.78 is 38.1. The van der Waals surface area contributed by atoms with Gasteiger partial charge in [-0.3, -0.25) is 4.79 Å². The van der Waals surface area contributed by atoms with Gasteiger partial charge in [-0.05, 0) is 25.0 Å². The SMILES string of the molecule is COc1c(F)ccc(C(=O)N2CCC[C@]3(CC2)CN(C)C(=O)O3)c1F. The third-order valence-corrected chi connectivity index (χ3v) is 4.81. The molecular formula is C17H20F2N2O4. The molecule has 0 N–H and O–H groups in total. The Bertz CT molecular complexity index is 712. The molecule has 2 fully saturated rings. The minimum absolute atomic E-state index is 0.227. The first-order valence-corrected chi connectivity index (χ1v) is 8.12. The van der Waals surface area contributed by atoms with Crippen molar-refractivity contribution in [2.75, 3.05) is 33.8 Å². The first-order valence-electron chi connectivity index (χ1n) is 8.12. The lowest BCUT2D eigenvalue weighted by Crippen LogP contribution is -2.37. The Labute approximate surface area is 144 Å². The number of methoxy groups -OCH3 is 1. The summed E-state index contributed by atoms with van der Waals surface area (Å²) in [6.45, 7) is 1.23. The van der Waals surface area contributed by atoms with E-state index in [1.54, 1.807) is 7.05 Å². The molecule has 1 aromatic carbocycles. The molecule has 0 bridgehead atoms. The van der Waals surface area contributed by atoms with Gasteiger partial charge in [0.05, 0.1) is 19.2 Å². The van der Waals surface area contributed by atoms with Gasteiger partial charge in [-0.25, -0.2) is 13.6 Å². The highest BCUT2D eigenvalue weighted by Crippen LogP contribution is 2.33. The number of halogens is 2. The lowest BCUT2D eigenvalue weighted by molar-refractivity contribution is 0.0438. The molecule has 1 aromatic rings. The molecule has 8 heteroatoms. The number of likely N-dealkylation sites (N-methyl/N-ethyl adjacent to an activating group) is 1. The summed E-state index contributed by atoms with van der Waals surface area (Å²) in [5.41, 5.74) is -0.824. The topological polar surface area (TPSA) is 59.1 Å². The van der Waals surface area contributed by atoms with Crippen molar-refractivity contribution in [3.8, 4) is 5.75 Å². The maximum absolute atomic E-state index is 14.3. The van der Waals surface area contributed by atoms with E-state index in [1.807, 2.05) is 0 Å². The summed E-state index contributed by atoms with van der Waals surface area (Å²) in [5, 5.41) is 0. The fraction of sp³-hybridized carbons (Fsp3) is 0.529. The number of nitrogens with zero attached hydrogens (tertiary/aromatic N) is 2. The largest absolute Gasteiger partial charge is 0.491 e. The Morgan fingerprint density at radius 1 is 1.28 bits per heavy atom. The van der Waals surface area contributed by atoms with E-state index < -0.39 is 28.9 Å². The molecule has 2 aliphatic rings. The van der Waals surface area contributed by atoms with E-state index in [0.717, 1.165) is 19.2 Å². The zero-order valence-electron chi connectivity index (χ0n) is 14.2. The Balaban J connectivity index is 1.77. The molecule has 136 valence electrons. The Kier molecular flexibility index (Phi) is 4.53. The third kappa shape index (κ3) is 3.12. The zero-order chi connectivity index (χ0) is 18.2. The van der Waals surface area contributed by atoms with Crippen LogP contribution in [0, 0.1) is 11.6 Å². The predicted molar refractivity (Wildman–Crippen MR) is 84.5 cm³/mol. The number of likely N-dealkylation sites (tertiary alicyclic amines) is 1. The Hall–Kier alpha value is -2.38. The summed E-state index contributed by atoms with van der Waals surface area (Å²) in [6, 6.07) is 2.14. The van der Waals surface area contributed by atoms with Gasteiger partial charge in [0.15, 0.2) is 17.4 Å². The fourth-order valence-corrected chi connectivity index (χ4v) is 3.48. The normalized spacial score (nSPS) is 23.6. The molecule has 2 saturated heterocycles. The summed E-state index contributed by atoms with van der Waals surface area (Å²) in [6.07, 6.45) is 1.39.